The van der Waals surface area contributed by atoms with Crippen molar-refractivity contribution in [3.63, 3.8) is 0 Å². The molecule has 0 radical (unpaired) electrons. The summed E-state index contributed by atoms with van der Waals surface area (Å²) in [5.74, 6) is 0. The zero-order valence-electron chi connectivity index (χ0n) is 8.89. The maximum atomic E-state index is 12.2. The van der Waals surface area contributed by atoms with Crippen molar-refractivity contribution in [3.05, 3.63) is 52.9 Å². The summed E-state index contributed by atoms with van der Waals surface area (Å²) in [6, 6.07) is 8.05. The molecule has 1 aromatic heterocycles. The van der Waals surface area contributed by atoms with Crippen molar-refractivity contribution in [2.75, 3.05) is 0 Å². The molecule has 2 aromatic rings. The lowest BCUT2D eigenvalue weighted by atomic mass is 10.3. The van der Waals surface area contributed by atoms with E-state index in [-0.39, 0.29) is 5.69 Å². The second-order valence-electron chi connectivity index (χ2n) is 3.28. The van der Waals surface area contributed by atoms with Crippen LogP contribution in [-0.4, -0.2) is 15.9 Å². The Morgan fingerprint density at radius 3 is 2.39 bits per heavy atom. The first kappa shape index (κ1) is 12.2. The zero-order chi connectivity index (χ0) is 13.2. The molecule has 94 valence electrons. The number of hydrogen-bond acceptors (Lipinski definition) is 3. The van der Waals surface area contributed by atoms with Crippen LogP contribution in [0, 0.1) is 0 Å². The molecule has 0 aliphatic heterocycles. The van der Waals surface area contributed by atoms with Gasteiger partial charge in [-0.15, -0.1) is 13.2 Å². The number of para-hydroxylation sites is 1. The van der Waals surface area contributed by atoms with Gasteiger partial charge in [0.1, 0.15) is 0 Å². The number of aromatic nitrogens is 2. The van der Waals surface area contributed by atoms with Crippen LogP contribution in [0.2, 0.25) is 0 Å². The fourth-order valence-corrected chi connectivity index (χ4v) is 1.38. The van der Waals surface area contributed by atoms with Gasteiger partial charge in [-0.3, -0.25) is 4.79 Å². The Morgan fingerprint density at radius 2 is 1.78 bits per heavy atom. The molecule has 0 saturated carbocycles. The highest BCUT2D eigenvalue weighted by molar-refractivity contribution is 5.33. The molecule has 0 saturated heterocycles. The molecule has 4 nitrogen and oxygen atoms in total. The smallest absolute Gasteiger partial charge is 0.372 e. The number of rotatable bonds is 2. The Kier molecular flexibility index (Phi) is 3.05. The van der Waals surface area contributed by atoms with Crippen LogP contribution in [-0.2, 0) is 0 Å². The molecular formula is C11H7F3N2O2. The van der Waals surface area contributed by atoms with Crippen LogP contribution in [0.3, 0.4) is 0 Å². The number of ether oxygens (including phenoxy) is 1. The number of nitrogens with zero attached hydrogens (tertiary/aromatic N) is 2. The molecule has 1 aromatic carbocycles. The van der Waals surface area contributed by atoms with Gasteiger partial charge < -0.3 is 4.74 Å². The standard InChI is InChI=1S/C11H7F3N2O2/c12-11(13,14)18-10-15-7-6-9(17)16(10)8-4-2-1-3-5-8/h1-7H. The summed E-state index contributed by atoms with van der Waals surface area (Å²) in [6.07, 6.45) is -3.94. The van der Waals surface area contributed by atoms with E-state index in [1.165, 1.54) is 12.1 Å². The maximum absolute atomic E-state index is 12.2. The van der Waals surface area contributed by atoms with Gasteiger partial charge in [-0.1, -0.05) is 18.2 Å². The normalized spacial score (nSPS) is 11.3. The number of benzene rings is 1. The first-order valence-electron chi connectivity index (χ1n) is 4.86. The largest absolute Gasteiger partial charge is 0.575 e. The topological polar surface area (TPSA) is 44.1 Å². The van der Waals surface area contributed by atoms with Gasteiger partial charge in [0.05, 0.1) is 5.69 Å². The predicted molar refractivity (Wildman–Crippen MR) is 56.5 cm³/mol. The maximum Gasteiger partial charge on any atom is 0.575 e. The molecular weight excluding hydrogens is 249 g/mol. The molecule has 0 N–H and O–H groups in total. The van der Waals surface area contributed by atoms with E-state index in [0.717, 1.165) is 16.8 Å². The molecule has 7 heteroatoms. The van der Waals surface area contributed by atoms with E-state index in [4.69, 9.17) is 0 Å². The van der Waals surface area contributed by atoms with Gasteiger partial charge in [-0.05, 0) is 12.1 Å². The fourth-order valence-electron chi connectivity index (χ4n) is 1.38. The van der Waals surface area contributed by atoms with Gasteiger partial charge in [0, 0.05) is 12.3 Å². The average molecular weight is 256 g/mol. The fraction of sp³-hybridized carbons (Fsp3) is 0.0909. The van der Waals surface area contributed by atoms with E-state index in [0.29, 0.717) is 0 Å². The molecule has 0 aliphatic carbocycles. The summed E-state index contributed by atoms with van der Waals surface area (Å²) in [5.41, 5.74) is -0.412. The molecule has 0 aliphatic rings. The lowest BCUT2D eigenvalue weighted by Crippen LogP contribution is -2.26. The molecule has 0 unspecified atom stereocenters. The molecule has 18 heavy (non-hydrogen) atoms. The summed E-state index contributed by atoms with van der Waals surface area (Å²) >= 11 is 0. The van der Waals surface area contributed by atoms with Gasteiger partial charge in [0.25, 0.3) is 5.56 Å². The van der Waals surface area contributed by atoms with Crippen molar-refractivity contribution >= 4 is 0 Å². The van der Waals surface area contributed by atoms with Gasteiger partial charge in [0.2, 0.25) is 0 Å². The molecule has 0 fully saturated rings. The van der Waals surface area contributed by atoms with Gasteiger partial charge >= 0.3 is 12.4 Å². The van der Waals surface area contributed by atoms with Crippen LogP contribution >= 0.6 is 0 Å². The van der Waals surface area contributed by atoms with Crippen molar-refractivity contribution in [2.45, 2.75) is 6.36 Å². The van der Waals surface area contributed by atoms with Crippen LogP contribution in [0.5, 0.6) is 6.01 Å². The molecule has 0 atom stereocenters. The first-order chi connectivity index (χ1) is 8.47. The van der Waals surface area contributed by atoms with Crippen LogP contribution < -0.4 is 10.3 Å². The molecule has 0 bridgehead atoms. The van der Waals surface area contributed by atoms with Crippen molar-refractivity contribution < 1.29 is 17.9 Å². The number of halogens is 3. The summed E-state index contributed by atoms with van der Waals surface area (Å²) in [6.45, 7) is 0. The van der Waals surface area contributed by atoms with Crippen LogP contribution in [0.1, 0.15) is 0 Å². The minimum absolute atomic E-state index is 0.245. The zero-order valence-corrected chi connectivity index (χ0v) is 8.89. The first-order valence-corrected chi connectivity index (χ1v) is 4.86. The Hall–Kier alpha value is -2.31. The highest BCUT2D eigenvalue weighted by atomic mass is 19.4. The minimum atomic E-state index is -4.91. The molecule has 1 heterocycles. The summed E-state index contributed by atoms with van der Waals surface area (Å²) in [4.78, 5) is 15.0. The van der Waals surface area contributed by atoms with Crippen molar-refractivity contribution in [2.24, 2.45) is 0 Å². The Labute approximate surface area is 99.3 Å². The van der Waals surface area contributed by atoms with Crippen LogP contribution in [0.4, 0.5) is 13.2 Å². The van der Waals surface area contributed by atoms with Gasteiger partial charge in [-0.2, -0.15) is 0 Å². The Balaban J connectivity index is 2.56. The lowest BCUT2D eigenvalue weighted by molar-refractivity contribution is -0.278. The highest BCUT2D eigenvalue weighted by Crippen LogP contribution is 2.21. The monoisotopic (exact) mass is 256 g/mol. The lowest BCUT2D eigenvalue weighted by Gasteiger charge is -2.13. The second-order valence-corrected chi connectivity index (χ2v) is 3.28. The van der Waals surface area contributed by atoms with Crippen LogP contribution in [0.15, 0.2) is 47.4 Å². The SMILES string of the molecule is O=c1ccnc(OC(F)(F)F)n1-c1ccccc1. The van der Waals surface area contributed by atoms with E-state index in [1.54, 1.807) is 18.2 Å². The third kappa shape index (κ3) is 2.68. The quantitative estimate of drug-likeness (QED) is 0.826. The average Bonchev–Trinajstić information content (AvgIpc) is 2.28. The third-order valence-corrected chi connectivity index (χ3v) is 2.04. The van der Waals surface area contributed by atoms with Crippen molar-refractivity contribution in [1.29, 1.82) is 0 Å². The highest BCUT2D eigenvalue weighted by Gasteiger charge is 2.33. The predicted octanol–water partition coefficient (Wildman–Crippen LogP) is 2.13. The van der Waals surface area contributed by atoms with E-state index in [9.17, 15) is 18.0 Å². The Bertz CT molecular complexity index is 593. The summed E-state index contributed by atoms with van der Waals surface area (Å²) < 4.78 is 41.0. The summed E-state index contributed by atoms with van der Waals surface area (Å²) in [5, 5.41) is 0. The van der Waals surface area contributed by atoms with E-state index in [2.05, 4.69) is 9.72 Å². The third-order valence-electron chi connectivity index (χ3n) is 2.04. The van der Waals surface area contributed by atoms with Crippen molar-refractivity contribution in [3.8, 4) is 11.7 Å². The van der Waals surface area contributed by atoms with E-state index >= 15 is 0 Å². The van der Waals surface area contributed by atoms with Crippen LogP contribution in [0.25, 0.3) is 5.69 Å². The molecule has 0 spiro atoms. The minimum Gasteiger partial charge on any atom is -0.372 e. The number of hydrogen-bond donors (Lipinski definition) is 0. The Morgan fingerprint density at radius 1 is 1.11 bits per heavy atom. The van der Waals surface area contributed by atoms with Gasteiger partial charge in [-0.25, -0.2) is 9.55 Å². The van der Waals surface area contributed by atoms with E-state index < -0.39 is 17.9 Å². The molecule has 2 rings (SSSR count). The van der Waals surface area contributed by atoms with Crippen molar-refractivity contribution in [1.82, 2.24) is 9.55 Å². The van der Waals surface area contributed by atoms with Gasteiger partial charge in [0.15, 0.2) is 0 Å². The second kappa shape index (κ2) is 4.52. The van der Waals surface area contributed by atoms with E-state index in [1.807, 2.05) is 0 Å². The molecule has 0 amide bonds. The summed E-state index contributed by atoms with van der Waals surface area (Å²) in [7, 11) is 0. The number of alkyl halides is 3.